The van der Waals surface area contributed by atoms with Crippen LogP contribution in [-0.4, -0.2) is 38.6 Å². The van der Waals surface area contributed by atoms with Crippen molar-refractivity contribution < 1.29 is 4.79 Å². The fourth-order valence-electron chi connectivity index (χ4n) is 3.84. The molecule has 0 aliphatic heterocycles. The Morgan fingerprint density at radius 3 is 2.74 bits per heavy atom. The number of likely N-dealkylation sites (N-methyl/N-ethyl adjacent to an activating group) is 1. The van der Waals surface area contributed by atoms with Gasteiger partial charge in [-0.2, -0.15) is 5.10 Å². The van der Waals surface area contributed by atoms with Crippen molar-refractivity contribution >= 4 is 12.0 Å². The van der Waals surface area contributed by atoms with Crippen molar-refractivity contribution in [2.75, 3.05) is 6.54 Å². The normalized spacial score (nSPS) is 16.4. The van der Waals surface area contributed by atoms with Crippen LogP contribution in [0.5, 0.6) is 0 Å². The molecule has 2 aromatic heterocycles. The van der Waals surface area contributed by atoms with Gasteiger partial charge in [-0.1, -0.05) is 32.9 Å². The Balaban J connectivity index is 1.86. The maximum atomic E-state index is 11.9. The van der Waals surface area contributed by atoms with Crippen molar-refractivity contribution in [1.82, 2.24) is 20.1 Å². The average Bonchev–Trinajstić information content (AvgIpc) is 3.15. The van der Waals surface area contributed by atoms with Crippen LogP contribution < -0.4 is 0 Å². The zero-order chi connectivity index (χ0) is 19.8. The molecule has 0 aromatic carbocycles. The van der Waals surface area contributed by atoms with Crippen LogP contribution >= 0.6 is 0 Å². The van der Waals surface area contributed by atoms with Crippen LogP contribution in [0.15, 0.2) is 12.1 Å². The molecule has 0 fully saturated rings. The maximum absolute atomic E-state index is 11.9. The van der Waals surface area contributed by atoms with E-state index in [0.29, 0.717) is 5.41 Å². The van der Waals surface area contributed by atoms with Gasteiger partial charge in [-0.25, -0.2) is 0 Å². The molecule has 2 N–H and O–H groups in total. The quantitative estimate of drug-likeness (QED) is 0.816. The van der Waals surface area contributed by atoms with Crippen LogP contribution in [0.2, 0.25) is 0 Å². The summed E-state index contributed by atoms with van der Waals surface area (Å²) in [5, 5.41) is 7.75. The van der Waals surface area contributed by atoms with E-state index in [1.807, 2.05) is 11.8 Å². The second kappa shape index (κ2) is 7.37. The van der Waals surface area contributed by atoms with Crippen LogP contribution in [-0.2, 0) is 17.6 Å². The summed E-state index contributed by atoms with van der Waals surface area (Å²) in [7, 11) is 0. The summed E-state index contributed by atoms with van der Waals surface area (Å²) in [5.74, 6) is 0.120. The van der Waals surface area contributed by atoms with E-state index in [4.69, 9.17) is 0 Å². The summed E-state index contributed by atoms with van der Waals surface area (Å²) in [5.41, 5.74) is 7.19. The minimum absolute atomic E-state index is 0.118. The number of rotatable bonds is 5. The molecular formula is C22H32N4O. The summed E-state index contributed by atoms with van der Waals surface area (Å²) in [6.45, 7) is 13.3. The van der Waals surface area contributed by atoms with E-state index in [0.717, 1.165) is 42.9 Å². The Morgan fingerprint density at radius 1 is 1.37 bits per heavy atom. The van der Waals surface area contributed by atoms with Gasteiger partial charge in [0.2, 0.25) is 5.91 Å². The topological polar surface area (TPSA) is 64.8 Å². The number of aromatic amines is 2. The van der Waals surface area contributed by atoms with E-state index in [1.54, 1.807) is 6.92 Å². The van der Waals surface area contributed by atoms with Crippen molar-refractivity contribution in [3.8, 4) is 11.4 Å². The van der Waals surface area contributed by atoms with E-state index in [2.05, 4.69) is 61.1 Å². The molecule has 2 aromatic rings. The molecule has 0 bridgehead atoms. The highest BCUT2D eigenvalue weighted by Crippen LogP contribution is 2.32. The molecule has 0 saturated carbocycles. The molecule has 2 heterocycles. The van der Waals surface area contributed by atoms with Gasteiger partial charge < -0.3 is 9.88 Å². The molecule has 5 nitrogen and oxygen atoms in total. The van der Waals surface area contributed by atoms with Crippen molar-refractivity contribution in [2.24, 2.45) is 5.41 Å². The zero-order valence-electron chi connectivity index (χ0n) is 17.4. The maximum Gasteiger partial charge on any atom is 0.219 e. The molecule has 0 saturated heterocycles. The lowest BCUT2D eigenvalue weighted by molar-refractivity contribution is -0.130. The van der Waals surface area contributed by atoms with Gasteiger partial charge in [0, 0.05) is 36.8 Å². The number of amides is 1. The first-order valence-electron chi connectivity index (χ1n) is 9.91. The van der Waals surface area contributed by atoms with Gasteiger partial charge >= 0.3 is 0 Å². The van der Waals surface area contributed by atoms with E-state index in [-0.39, 0.29) is 11.9 Å². The number of aryl methyl sites for hydroxylation is 1. The average molecular weight is 369 g/mol. The molecule has 1 aliphatic carbocycles. The fraction of sp³-hybridized carbons (Fsp3) is 0.545. The molecule has 27 heavy (non-hydrogen) atoms. The van der Waals surface area contributed by atoms with Gasteiger partial charge in [-0.05, 0) is 43.7 Å². The fourth-order valence-corrected chi connectivity index (χ4v) is 3.84. The first-order valence-corrected chi connectivity index (χ1v) is 9.91. The minimum Gasteiger partial charge on any atom is -0.356 e. The summed E-state index contributed by atoms with van der Waals surface area (Å²) >= 11 is 0. The third-order valence-corrected chi connectivity index (χ3v) is 5.44. The monoisotopic (exact) mass is 368 g/mol. The molecular weight excluding hydrogens is 336 g/mol. The summed E-state index contributed by atoms with van der Waals surface area (Å²) < 4.78 is 0. The first-order chi connectivity index (χ1) is 12.7. The number of carbonyl (C=O) groups excluding carboxylic acids is 1. The zero-order valence-corrected chi connectivity index (χ0v) is 17.4. The molecule has 1 amide bonds. The lowest BCUT2D eigenvalue weighted by Gasteiger charge is -2.29. The van der Waals surface area contributed by atoms with E-state index in [1.165, 1.54) is 16.8 Å². The van der Waals surface area contributed by atoms with Crippen molar-refractivity contribution in [2.45, 2.75) is 66.8 Å². The van der Waals surface area contributed by atoms with E-state index in [9.17, 15) is 4.79 Å². The van der Waals surface area contributed by atoms with E-state index >= 15 is 0 Å². The number of nitrogens with zero attached hydrogens (tertiary/aromatic N) is 2. The van der Waals surface area contributed by atoms with Crippen molar-refractivity contribution in [3.05, 3.63) is 34.7 Å². The standard InChI is InChI=1S/C22H32N4O/c1-7-26(15(3)27)17-9-8-16-12-20(23-19(16)13-17)21-18(14(2)24-25-21)10-11-22(4,5)6/h8-9,12,17,23H,7,10-11,13H2,1-6H3,(H,24,25). The SMILES string of the molecule is CCN(C(C)=O)C1C=Cc2cc(-c3n[nH]c(C)c3CCC(C)(C)C)[nH]c2C1. The smallest absolute Gasteiger partial charge is 0.219 e. The van der Waals surface area contributed by atoms with Crippen LogP contribution in [0.3, 0.4) is 0 Å². The van der Waals surface area contributed by atoms with Gasteiger partial charge in [-0.3, -0.25) is 9.89 Å². The Hall–Kier alpha value is -2.30. The third kappa shape index (κ3) is 4.18. The van der Waals surface area contributed by atoms with Crippen molar-refractivity contribution in [1.29, 1.82) is 0 Å². The minimum atomic E-state index is 0.118. The predicted octanol–water partition coefficient (Wildman–Crippen LogP) is 4.50. The number of aromatic nitrogens is 3. The van der Waals surface area contributed by atoms with Crippen LogP contribution in [0.4, 0.5) is 0 Å². The second-order valence-corrected chi connectivity index (χ2v) is 8.79. The highest BCUT2D eigenvalue weighted by molar-refractivity contribution is 5.75. The van der Waals surface area contributed by atoms with Gasteiger partial charge in [0.25, 0.3) is 0 Å². The highest BCUT2D eigenvalue weighted by Gasteiger charge is 2.24. The number of hydrogen-bond acceptors (Lipinski definition) is 2. The molecule has 1 aliphatic rings. The molecule has 0 radical (unpaired) electrons. The number of carbonyl (C=O) groups is 1. The lowest BCUT2D eigenvalue weighted by atomic mass is 9.88. The summed E-state index contributed by atoms with van der Waals surface area (Å²) in [6.07, 6.45) is 7.22. The Labute approximate surface area is 162 Å². The summed E-state index contributed by atoms with van der Waals surface area (Å²) in [4.78, 5) is 17.4. The van der Waals surface area contributed by atoms with Gasteiger partial charge in [0.05, 0.1) is 11.7 Å². The number of fused-ring (bicyclic) bond motifs is 1. The predicted molar refractivity (Wildman–Crippen MR) is 110 cm³/mol. The van der Waals surface area contributed by atoms with Crippen LogP contribution in [0.1, 0.15) is 63.6 Å². The number of nitrogens with one attached hydrogen (secondary N) is 2. The first kappa shape index (κ1) is 19.5. The molecule has 0 spiro atoms. The summed E-state index contributed by atoms with van der Waals surface area (Å²) in [6, 6.07) is 2.30. The Bertz CT molecular complexity index is 850. The molecule has 5 heteroatoms. The van der Waals surface area contributed by atoms with Crippen LogP contribution in [0.25, 0.3) is 17.5 Å². The third-order valence-electron chi connectivity index (χ3n) is 5.44. The lowest BCUT2D eigenvalue weighted by Crippen LogP contribution is -2.39. The molecule has 146 valence electrons. The number of hydrogen-bond donors (Lipinski definition) is 2. The molecule has 1 unspecified atom stereocenters. The van der Waals surface area contributed by atoms with Gasteiger partial charge in [-0.15, -0.1) is 0 Å². The van der Waals surface area contributed by atoms with E-state index < -0.39 is 0 Å². The highest BCUT2D eigenvalue weighted by atomic mass is 16.2. The van der Waals surface area contributed by atoms with Crippen LogP contribution in [0, 0.1) is 12.3 Å². The largest absolute Gasteiger partial charge is 0.356 e. The Kier molecular flexibility index (Phi) is 5.31. The van der Waals surface area contributed by atoms with Gasteiger partial charge in [0.1, 0.15) is 5.69 Å². The number of H-pyrrole nitrogens is 2. The van der Waals surface area contributed by atoms with Crippen molar-refractivity contribution in [3.63, 3.8) is 0 Å². The van der Waals surface area contributed by atoms with Gasteiger partial charge in [0.15, 0.2) is 0 Å². The molecule has 1 atom stereocenters. The Morgan fingerprint density at radius 2 is 2.11 bits per heavy atom. The molecule has 3 rings (SSSR count). The second-order valence-electron chi connectivity index (χ2n) is 8.79.